The fourth-order valence-electron chi connectivity index (χ4n) is 2.11. The summed E-state index contributed by atoms with van der Waals surface area (Å²) >= 11 is 5.79. The van der Waals surface area contributed by atoms with E-state index in [-0.39, 0.29) is 22.9 Å². The highest BCUT2D eigenvalue weighted by Crippen LogP contribution is 2.28. The van der Waals surface area contributed by atoms with Crippen molar-refractivity contribution in [1.82, 2.24) is 0 Å². The topological polar surface area (TPSA) is 116 Å². The third-order valence-corrected chi connectivity index (χ3v) is 4.57. The monoisotopic (exact) mass is 385 g/mol. The van der Waals surface area contributed by atoms with Crippen molar-refractivity contribution in [1.29, 1.82) is 0 Å². The number of benzene rings is 2. The van der Waals surface area contributed by atoms with E-state index in [1.54, 1.807) is 36.2 Å². The first kappa shape index (κ1) is 19.0. The minimum absolute atomic E-state index is 0.257. The predicted octanol–water partition coefficient (Wildman–Crippen LogP) is 2.41. The first-order valence-corrected chi connectivity index (χ1v) is 9.01. The smallest absolute Gasteiger partial charge is 0.270 e. The quantitative estimate of drug-likeness (QED) is 0.578. The zero-order chi connectivity index (χ0) is 18.6. The normalized spacial score (nSPS) is 11.2. The summed E-state index contributed by atoms with van der Waals surface area (Å²) in [5, 5.41) is 16.6. The van der Waals surface area contributed by atoms with E-state index in [1.807, 2.05) is 0 Å². The van der Waals surface area contributed by atoms with Crippen LogP contribution in [0.1, 0.15) is 0 Å². The number of likely N-dealkylation sites (N-methyl/N-ethyl adjacent to an activating group) is 1. The van der Waals surface area contributed by atoms with Crippen molar-refractivity contribution in [3.05, 3.63) is 57.6 Å². The van der Waals surface area contributed by atoms with Gasteiger partial charge in [-0.15, -0.1) is 0 Å². The maximum atomic E-state index is 11.7. The second-order valence-electron chi connectivity index (χ2n) is 5.18. The number of non-ortho nitro benzene ring substituents is 1. The number of anilines is 1. The zero-order valence-electron chi connectivity index (χ0n) is 13.3. The maximum absolute atomic E-state index is 11.7. The first-order valence-electron chi connectivity index (χ1n) is 7.09. The van der Waals surface area contributed by atoms with Crippen LogP contribution in [0.4, 0.5) is 11.4 Å². The number of nitrogens with zero attached hydrogens (tertiary/aromatic N) is 2. The molecule has 2 rings (SSSR count). The van der Waals surface area contributed by atoms with Crippen molar-refractivity contribution < 1.29 is 18.1 Å². The van der Waals surface area contributed by atoms with Gasteiger partial charge in [-0.3, -0.25) is 10.1 Å². The molecule has 0 radical (unpaired) electrons. The lowest BCUT2D eigenvalue weighted by atomic mass is 10.2. The van der Waals surface area contributed by atoms with Crippen molar-refractivity contribution in [3.63, 3.8) is 0 Å². The molecule has 0 aliphatic rings. The summed E-state index contributed by atoms with van der Waals surface area (Å²) in [5.41, 5.74) is -0.0913. The predicted molar refractivity (Wildman–Crippen MR) is 94.7 cm³/mol. The highest BCUT2D eigenvalue weighted by atomic mass is 35.5. The van der Waals surface area contributed by atoms with Gasteiger partial charge in [0.15, 0.2) is 0 Å². The SMILES string of the molecule is CN(CCOc1ccc(Cl)cc1)c1ccc([N+](=O)[O-])cc1S(N)(=O)=O. The second kappa shape index (κ2) is 7.68. The minimum atomic E-state index is -4.12. The molecule has 0 spiro atoms. The van der Waals surface area contributed by atoms with Crippen LogP contribution in [0.15, 0.2) is 47.4 Å². The summed E-state index contributed by atoms with van der Waals surface area (Å²) in [6, 6.07) is 10.3. The van der Waals surface area contributed by atoms with Gasteiger partial charge in [-0.2, -0.15) is 0 Å². The standard InChI is InChI=1S/C15H16ClN3O5S/c1-18(8-9-24-13-5-2-11(16)3-6-13)14-7-4-12(19(20)21)10-15(14)25(17,22)23/h2-7,10H,8-9H2,1H3,(H2,17,22,23). The molecule has 25 heavy (non-hydrogen) atoms. The van der Waals surface area contributed by atoms with E-state index in [0.717, 1.165) is 6.07 Å². The third-order valence-electron chi connectivity index (χ3n) is 3.38. The number of hydrogen-bond acceptors (Lipinski definition) is 6. The molecule has 0 heterocycles. The minimum Gasteiger partial charge on any atom is -0.492 e. The Bertz CT molecular complexity index is 871. The van der Waals surface area contributed by atoms with E-state index >= 15 is 0 Å². The Balaban J connectivity index is 2.13. The number of sulfonamides is 1. The molecule has 0 fully saturated rings. The Morgan fingerprint density at radius 2 is 1.88 bits per heavy atom. The number of nitro groups is 1. The molecule has 10 heteroatoms. The summed E-state index contributed by atoms with van der Waals surface area (Å²) in [6.45, 7) is 0.599. The van der Waals surface area contributed by atoms with E-state index in [0.29, 0.717) is 17.3 Å². The molecule has 2 aromatic carbocycles. The first-order chi connectivity index (χ1) is 11.7. The molecule has 2 aromatic rings. The molecule has 0 saturated carbocycles. The van der Waals surface area contributed by atoms with Gasteiger partial charge >= 0.3 is 0 Å². The largest absolute Gasteiger partial charge is 0.492 e. The lowest BCUT2D eigenvalue weighted by Crippen LogP contribution is -2.26. The van der Waals surface area contributed by atoms with Gasteiger partial charge in [-0.25, -0.2) is 13.6 Å². The molecule has 8 nitrogen and oxygen atoms in total. The summed E-state index contributed by atoms with van der Waals surface area (Å²) in [5.74, 6) is 0.619. The number of hydrogen-bond donors (Lipinski definition) is 1. The zero-order valence-corrected chi connectivity index (χ0v) is 14.8. The van der Waals surface area contributed by atoms with Gasteiger partial charge in [0, 0.05) is 24.2 Å². The molecular formula is C15H16ClN3O5S. The van der Waals surface area contributed by atoms with E-state index in [4.69, 9.17) is 21.5 Å². The second-order valence-corrected chi connectivity index (χ2v) is 7.14. The molecule has 0 aliphatic heterocycles. The lowest BCUT2D eigenvalue weighted by molar-refractivity contribution is -0.385. The molecule has 0 aliphatic carbocycles. The van der Waals surface area contributed by atoms with Gasteiger partial charge in [0.2, 0.25) is 10.0 Å². The van der Waals surface area contributed by atoms with E-state index in [9.17, 15) is 18.5 Å². The Morgan fingerprint density at radius 1 is 1.24 bits per heavy atom. The molecule has 0 saturated heterocycles. The summed E-state index contributed by atoms with van der Waals surface area (Å²) in [7, 11) is -2.48. The molecule has 134 valence electrons. The molecular weight excluding hydrogens is 370 g/mol. The molecule has 2 N–H and O–H groups in total. The van der Waals surface area contributed by atoms with Crippen LogP contribution >= 0.6 is 11.6 Å². The Hall–Kier alpha value is -2.36. The highest BCUT2D eigenvalue weighted by Gasteiger charge is 2.21. The number of halogens is 1. The fraction of sp³-hybridized carbons (Fsp3) is 0.200. The van der Waals surface area contributed by atoms with Gasteiger partial charge in [0.25, 0.3) is 5.69 Å². The average molecular weight is 386 g/mol. The molecule has 0 atom stereocenters. The Morgan fingerprint density at radius 3 is 2.44 bits per heavy atom. The van der Waals surface area contributed by atoms with Gasteiger partial charge in [-0.1, -0.05) is 11.6 Å². The van der Waals surface area contributed by atoms with Crippen molar-refractivity contribution >= 4 is 33.0 Å². The van der Waals surface area contributed by atoms with Crippen LogP contribution in [0, 0.1) is 10.1 Å². The van der Waals surface area contributed by atoms with Gasteiger partial charge < -0.3 is 9.64 Å². The maximum Gasteiger partial charge on any atom is 0.270 e. The molecule has 0 bridgehead atoms. The van der Waals surface area contributed by atoms with Crippen LogP contribution in [0.5, 0.6) is 5.75 Å². The third kappa shape index (κ3) is 5.05. The van der Waals surface area contributed by atoms with Crippen LogP contribution in [-0.4, -0.2) is 33.5 Å². The number of ether oxygens (including phenoxy) is 1. The molecule has 0 aromatic heterocycles. The Labute approximate surface area is 150 Å². The van der Waals surface area contributed by atoms with Crippen LogP contribution < -0.4 is 14.8 Å². The van der Waals surface area contributed by atoms with Gasteiger partial charge in [0.05, 0.1) is 17.2 Å². The lowest BCUT2D eigenvalue weighted by Gasteiger charge is -2.21. The Kier molecular flexibility index (Phi) is 5.83. The summed E-state index contributed by atoms with van der Waals surface area (Å²) in [6.07, 6.45) is 0. The number of nitrogens with two attached hydrogens (primary N) is 1. The van der Waals surface area contributed by atoms with Crippen molar-refractivity contribution in [2.75, 3.05) is 25.1 Å². The van der Waals surface area contributed by atoms with E-state index < -0.39 is 14.9 Å². The van der Waals surface area contributed by atoms with Crippen molar-refractivity contribution in [2.45, 2.75) is 4.90 Å². The number of nitro benzene ring substituents is 1. The van der Waals surface area contributed by atoms with Crippen LogP contribution in [-0.2, 0) is 10.0 Å². The van der Waals surface area contributed by atoms with Gasteiger partial charge in [-0.05, 0) is 30.3 Å². The van der Waals surface area contributed by atoms with E-state index in [1.165, 1.54) is 12.1 Å². The van der Waals surface area contributed by atoms with Crippen LogP contribution in [0.3, 0.4) is 0 Å². The van der Waals surface area contributed by atoms with Crippen LogP contribution in [0.2, 0.25) is 5.02 Å². The summed E-state index contributed by atoms with van der Waals surface area (Å²) < 4.78 is 29.0. The van der Waals surface area contributed by atoms with Crippen molar-refractivity contribution in [3.8, 4) is 5.75 Å². The van der Waals surface area contributed by atoms with Gasteiger partial charge in [0.1, 0.15) is 17.3 Å². The average Bonchev–Trinajstić information content (AvgIpc) is 2.55. The molecule has 0 amide bonds. The highest BCUT2D eigenvalue weighted by molar-refractivity contribution is 7.89. The summed E-state index contributed by atoms with van der Waals surface area (Å²) in [4.78, 5) is 11.4. The number of rotatable bonds is 7. The van der Waals surface area contributed by atoms with Crippen molar-refractivity contribution in [2.24, 2.45) is 5.14 Å². The van der Waals surface area contributed by atoms with E-state index in [2.05, 4.69) is 0 Å². The van der Waals surface area contributed by atoms with Crippen LogP contribution in [0.25, 0.3) is 0 Å². The number of primary sulfonamides is 1. The fourth-order valence-corrected chi connectivity index (χ4v) is 3.04. The molecule has 0 unspecified atom stereocenters.